The smallest absolute Gasteiger partial charge is 0.251 e. The van der Waals surface area contributed by atoms with E-state index in [4.69, 9.17) is 0 Å². The van der Waals surface area contributed by atoms with Crippen molar-refractivity contribution >= 4 is 5.91 Å². The number of aromatic nitrogens is 3. The van der Waals surface area contributed by atoms with Crippen LogP contribution in [0.25, 0.3) is 0 Å². The molecule has 146 valence electrons. The van der Waals surface area contributed by atoms with Crippen LogP contribution in [0.5, 0.6) is 0 Å². The molecule has 0 aliphatic heterocycles. The van der Waals surface area contributed by atoms with E-state index in [-0.39, 0.29) is 11.9 Å². The van der Waals surface area contributed by atoms with Gasteiger partial charge in [0.25, 0.3) is 5.91 Å². The summed E-state index contributed by atoms with van der Waals surface area (Å²) in [5.41, 5.74) is 1.06. The monoisotopic (exact) mass is 370 g/mol. The van der Waals surface area contributed by atoms with Gasteiger partial charge in [-0.2, -0.15) is 0 Å². The fourth-order valence-electron chi connectivity index (χ4n) is 3.64. The molecule has 6 heteroatoms. The van der Waals surface area contributed by atoms with Crippen molar-refractivity contribution in [3.05, 3.63) is 47.5 Å². The first-order valence-corrected chi connectivity index (χ1v) is 9.85. The second-order valence-electron chi connectivity index (χ2n) is 8.24. The van der Waals surface area contributed by atoms with Crippen LogP contribution >= 0.6 is 0 Å². The molecule has 1 aliphatic rings. The van der Waals surface area contributed by atoms with E-state index in [9.17, 15) is 9.90 Å². The highest BCUT2D eigenvalue weighted by atomic mass is 16.3. The van der Waals surface area contributed by atoms with Gasteiger partial charge in [-0.15, -0.1) is 10.2 Å². The third-order valence-corrected chi connectivity index (χ3v) is 5.30. The summed E-state index contributed by atoms with van der Waals surface area (Å²) in [5, 5.41) is 21.2. The summed E-state index contributed by atoms with van der Waals surface area (Å²) >= 11 is 0. The van der Waals surface area contributed by atoms with Gasteiger partial charge in [0.15, 0.2) is 5.82 Å². The summed E-state index contributed by atoms with van der Waals surface area (Å²) in [6.45, 7) is 5.56. The first-order chi connectivity index (χ1) is 12.8. The van der Waals surface area contributed by atoms with Crippen LogP contribution in [0.15, 0.2) is 30.6 Å². The lowest BCUT2D eigenvalue weighted by molar-refractivity contribution is 0.0713. The van der Waals surface area contributed by atoms with Crippen molar-refractivity contribution in [3.63, 3.8) is 0 Å². The van der Waals surface area contributed by atoms with E-state index in [0.717, 1.165) is 30.7 Å². The molecule has 1 heterocycles. The van der Waals surface area contributed by atoms with Gasteiger partial charge in [-0.25, -0.2) is 0 Å². The zero-order valence-electron chi connectivity index (χ0n) is 16.5. The zero-order chi connectivity index (χ0) is 19.4. The molecule has 0 radical (unpaired) electrons. The summed E-state index contributed by atoms with van der Waals surface area (Å²) < 4.78 is 2.12. The van der Waals surface area contributed by atoms with Crippen LogP contribution in [0, 0.1) is 0 Å². The van der Waals surface area contributed by atoms with E-state index in [1.54, 1.807) is 20.2 Å². The molecule has 1 saturated carbocycles. The van der Waals surface area contributed by atoms with Crippen molar-refractivity contribution in [2.45, 2.75) is 77.0 Å². The predicted molar refractivity (Wildman–Crippen MR) is 104 cm³/mol. The van der Waals surface area contributed by atoms with Crippen LogP contribution in [0.2, 0.25) is 0 Å². The van der Waals surface area contributed by atoms with Crippen LogP contribution < -0.4 is 5.32 Å². The molecule has 1 atom stereocenters. The molecule has 1 amide bonds. The number of rotatable bonds is 7. The van der Waals surface area contributed by atoms with E-state index < -0.39 is 5.60 Å². The molecule has 3 rings (SSSR count). The Morgan fingerprint density at radius 2 is 1.96 bits per heavy atom. The standard InChI is InChI=1S/C21H30N4O2/c1-15(19-24-22-14-25(19)18-6-4-5-7-18)23-20(26)17-10-8-16(9-11-17)12-13-21(2,3)27/h8-11,14-15,18,27H,4-7,12-13H2,1-3H3,(H,23,26)/t15-/m0/s1. The van der Waals surface area contributed by atoms with E-state index in [2.05, 4.69) is 20.1 Å². The maximum atomic E-state index is 12.6. The number of carbonyl (C=O) groups is 1. The van der Waals surface area contributed by atoms with Crippen molar-refractivity contribution in [3.8, 4) is 0 Å². The van der Waals surface area contributed by atoms with Gasteiger partial charge in [-0.05, 0) is 64.2 Å². The summed E-state index contributed by atoms with van der Waals surface area (Å²) in [6, 6.07) is 7.82. The van der Waals surface area contributed by atoms with E-state index in [1.165, 1.54) is 12.8 Å². The Kier molecular flexibility index (Phi) is 5.95. The minimum Gasteiger partial charge on any atom is -0.390 e. The van der Waals surface area contributed by atoms with Gasteiger partial charge >= 0.3 is 0 Å². The van der Waals surface area contributed by atoms with E-state index in [1.807, 2.05) is 31.2 Å². The number of nitrogens with zero attached hydrogens (tertiary/aromatic N) is 3. The fourth-order valence-corrected chi connectivity index (χ4v) is 3.64. The van der Waals surface area contributed by atoms with Crippen LogP contribution in [0.4, 0.5) is 0 Å². The largest absolute Gasteiger partial charge is 0.390 e. The molecule has 0 unspecified atom stereocenters. The third kappa shape index (κ3) is 5.16. The highest BCUT2D eigenvalue weighted by Crippen LogP contribution is 2.31. The van der Waals surface area contributed by atoms with Gasteiger partial charge in [-0.1, -0.05) is 25.0 Å². The molecular weight excluding hydrogens is 340 g/mol. The number of benzene rings is 1. The summed E-state index contributed by atoms with van der Waals surface area (Å²) in [5.74, 6) is 0.703. The molecule has 1 aromatic carbocycles. The Labute approximate surface area is 161 Å². The number of nitrogens with one attached hydrogen (secondary N) is 1. The third-order valence-electron chi connectivity index (χ3n) is 5.30. The van der Waals surface area contributed by atoms with Crippen molar-refractivity contribution in [2.75, 3.05) is 0 Å². The zero-order valence-corrected chi connectivity index (χ0v) is 16.5. The van der Waals surface area contributed by atoms with E-state index >= 15 is 0 Å². The minimum atomic E-state index is -0.680. The van der Waals surface area contributed by atoms with Gasteiger partial charge in [-0.3, -0.25) is 4.79 Å². The lowest BCUT2D eigenvalue weighted by Gasteiger charge is -2.19. The number of amides is 1. The molecule has 0 spiro atoms. The Morgan fingerprint density at radius 1 is 1.30 bits per heavy atom. The van der Waals surface area contributed by atoms with E-state index in [0.29, 0.717) is 18.0 Å². The van der Waals surface area contributed by atoms with Gasteiger partial charge in [0.1, 0.15) is 6.33 Å². The van der Waals surface area contributed by atoms with Gasteiger partial charge < -0.3 is 15.0 Å². The molecule has 1 fully saturated rings. The molecule has 2 aromatic rings. The fraction of sp³-hybridized carbons (Fsp3) is 0.571. The van der Waals surface area contributed by atoms with Crippen LogP contribution in [-0.2, 0) is 6.42 Å². The van der Waals surface area contributed by atoms with Crippen LogP contribution in [0.1, 0.15) is 86.7 Å². The molecule has 1 aliphatic carbocycles. The SMILES string of the molecule is C[C@H](NC(=O)c1ccc(CCC(C)(C)O)cc1)c1nncn1C1CCCC1. The molecule has 1 aromatic heterocycles. The highest BCUT2D eigenvalue weighted by molar-refractivity contribution is 5.94. The molecule has 0 saturated heterocycles. The first-order valence-electron chi connectivity index (χ1n) is 9.85. The van der Waals surface area contributed by atoms with Gasteiger partial charge in [0.2, 0.25) is 0 Å². The predicted octanol–water partition coefficient (Wildman–Crippen LogP) is 3.59. The summed E-state index contributed by atoms with van der Waals surface area (Å²) in [6.07, 6.45) is 8.03. The Balaban J connectivity index is 1.61. The van der Waals surface area contributed by atoms with Crippen LogP contribution in [0.3, 0.4) is 0 Å². The topological polar surface area (TPSA) is 80.0 Å². The van der Waals surface area contributed by atoms with Crippen molar-refractivity contribution < 1.29 is 9.90 Å². The van der Waals surface area contributed by atoms with Crippen molar-refractivity contribution in [1.29, 1.82) is 0 Å². The molecule has 2 N–H and O–H groups in total. The first kappa shape index (κ1) is 19.5. The molecule has 27 heavy (non-hydrogen) atoms. The molecular formula is C21H30N4O2. The number of aryl methyl sites for hydroxylation is 1. The molecule has 0 bridgehead atoms. The Bertz CT molecular complexity index is 755. The number of hydrogen-bond donors (Lipinski definition) is 2. The second kappa shape index (κ2) is 8.21. The maximum Gasteiger partial charge on any atom is 0.251 e. The Hall–Kier alpha value is -2.21. The summed E-state index contributed by atoms with van der Waals surface area (Å²) in [4.78, 5) is 12.6. The summed E-state index contributed by atoms with van der Waals surface area (Å²) in [7, 11) is 0. The molecule has 6 nitrogen and oxygen atoms in total. The lowest BCUT2D eigenvalue weighted by Crippen LogP contribution is -2.29. The quantitative estimate of drug-likeness (QED) is 0.780. The number of aliphatic hydroxyl groups is 1. The second-order valence-corrected chi connectivity index (χ2v) is 8.24. The van der Waals surface area contributed by atoms with Gasteiger partial charge in [0.05, 0.1) is 11.6 Å². The normalized spacial score (nSPS) is 16.4. The van der Waals surface area contributed by atoms with Crippen molar-refractivity contribution in [1.82, 2.24) is 20.1 Å². The van der Waals surface area contributed by atoms with Crippen LogP contribution in [-0.4, -0.2) is 31.4 Å². The highest BCUT2D eigenvalue weighted by Gasteiger charge is 2.23. The maximum absolute atomic E-state index is 12.6. The minimum absolute atomic E-state index is 0.113. The van der Waals surface area contributed by atoms with Crippen molar-refractivity contribution in [2.24, 2.45) is 0 Å². The lowest BCUT2D eigenvalue weighted by atomic mass is 9.98. The number of carbonyl (C=O) groups excluding carboxylic acids is 1. The average Bonchev–Trinajstić information content (AvgIpc) is 3.30. The Morgan fingerprint density at radius 3 is 2.59 bits per heavy atom. The average molecular weight is 370 g/mol. The van der Waals surface area contributed by atoms with Gasteiger partial charge in [0, 0.05) is 11.6 Å². The number of hydrogen-bond acceptors (Lipinski definition) is 4.